The van der Waals surface area contributed by atoms with E-state index in [1.807, 2.05) is 46.0 Å². The third kappa shape index (κ3) is 3.59. The van der Waals surface area contributed by atoms with Crippen LogP contribution in [-0.4, -0.2) is 49.1 Å². The number of carbonyl (C=O) groups excluding carboxylic acids is 1. The van der Waals surface area contributed by atoms with Crippen LogP contribution in [0.1, 0.15) is 42.3 Å². The predicted molar refractivity (Wildman–Crippen MR) is 113 cm³/mol. The first-order valence-electron chi connectivity index (χ1n) is 10.0. The van der Waals surface area contributed by atoms with Crippen molar-refractivity contribution < 1.29 is 14.3 Å². The van der Waals surface area contributed by atoms with Gasteiger partial charge in [0.15, 0.2) is 0 Å². The van der Waals surface area contributed by atoms with Gasteiger partial charge in [0.25, 0.3) is 11.5 Å². The number of β-amino-alcohol motifs (C(OH)–C–C–N with tert-alkyl or cyclic N) is 1. The van der Waals surface area contributed by atoms with Crippen molar-refractivity contribution in [3.05, 3.63) is 57.7 Å². The van der Waals surface area contributed by atoms with Gasteiger partial charge >= 0.3 is 0 Å². The number of aliphatic hydroxyl groups excluding tert-OH is 1. The second kappa shape index (κ2) is 7.60. The van der Waals surface area contributed by atoms with E-state index in [9.17, 15) is 14.7 Å². The number of rotatable bonds is 4. The molecule has 1 aliphatic heterocycles. The molecular weight excluding hydrogens is 384 g/mol. The fourth-order valence-electron chi connectivity index (χ4n) is 3.83. The van der Waals surface area contributed by atoms with Crippen LogP contribution >= 0.6 is 0 Å². The number of allylic oxidation sites excluding steroid dienone is 2. The van der Waals surface area contributed by atoms with Crippen molar-refractivity contribution in [1.29, 1.82) is 0 Å². The molecule has 158 valence electrons. The summed E-state index contributed by atoms with van der Waals surface area (Å²) in [6, 6.07) is 1.91. The maximum absolute atomic E-state index is 13.3. The molecule has 0 aromatic carbocycles. The van der Waals surface area contributed by atoms with Crippen molar-refractivity contribution in [3.63, 3.8) is 0 Å². The highest BCUT2D eigenvalue weighted by molar-refractivity contribution is 5.93. The summed E-state index contributed by atoms with van der Waals surface area (Å²) in [6.45, 7) is 8.86. The van der Waals surface area contributed by atoms with E-state index in [-0.39, 0.29) is 29.4 Å². The van der Waals surface area contributed by atoms with Gasteiger partial charge in [0.1, 0.15) is 17.2 Å². The first kappa shape index (κ1) is 20.2. The van der Waals surface area contributed by atoms with Gasteiger partial charge in [0, 0.05) is 37.6 Å². The summed E-state index contributed by atoms with van der Waals surface area (Å²) in [5.41, 5.74) is 2.75. The van der Waals surface area contributed by atoms with Gasteiger partial charge in [0.05, 0.1) is 11.8 Å². The fourth-order valence-corrected chi connectivity index (χ4v) is 3.83. The molecule has 4 rings (SSSR count). The lowest BCUT2D eigenvalue weighted by molar-refractivity contribution is 0.0760. The Morgan fingerprint density at radius 3 is 2.70 bits per heavy atom. The number of nitrogens with zero attached hydrogens (tertiary/aromatic N) is 4. The molecule has 30 heavy (non-hydrogen) atoms. The summed E-state index contributed by atoms with van der Waals surface area (Å²) in [4.78, 5) is 32.0. The number of furan rings is 1. The van der Waals surface area contributed by atoms with Crippen LogP contribution in [0.15, 0.2) is 39.3 Å². The average Bonchev–Trinajstić information content (AvgIpc) is 3.38. The summed E-state index contributed by atoms with van der Waals surface area (Å²) in [5, 5.41) is 9.72. The molecule has 0 unspecified atom stereocenters. The molecule has 1 atom stereocenters. The molecule has 0 spiro atoms. The van der Waals surface area contributed by atoms with E-state index in [0.29, 0.717) is 25.2 Å². The molecule has 8 heteroatoms. The van der Waals surface area contributed by atoms with Crippen LogP contribution in [0.4, 0.5) is 0 Å². The second-order valence-corrected chi connectivity index (χ2v) is 8.09. The van der Waals surface area contributed by atoms with Crippen molar-refractivity contribution in [1.82, 2.24) is 18.9 Å². The topological polar surface area (TPSA) is 93.0 Å². The normalized spacial score (nSPS) is 16.4. The number of carbonyl (C=O) groups is 1. The molecule has 1 amide bonds. The van der Waals surface area contributed by atoms with Crippen LogP contribution in [0.5, 0.6) is 0 Å². The highest BCUT2D eigenvalue weighted by Gasteiger charge is 2.27. The average molecular weight is 410 g/mol. The van der Waals surface area contributed by atoms with Crippen LogP contribution in [0.3, 0.4) is 0 Å². The molecule has 3 aromatic heterocycles. The highest BCUT2D eigenvalue weighted by Crippen LogP contribution is 2.26. The van der Waals surface area contributed by atoms with E-state index in [1.54, 1.807) is 20.1 Å². The molecule has 4 heterocycles. The maximum Gasteiger partial charge on any atom is 0.295 e. The van der Waals surface area contributed by atoms with Gasteiger partial charge in [-0.05, 0) is 40.2 Å². The Morgan fingerprint density at radius 2 is 2.10 bits per heavy atom. The van der Waals surface area contributed by atoms with Gasteiger partial charge < -0.3 is 14.4 Å². The first-order chi connectivity index (χ1) is 14.2. The van der Waals surface area contributed by atoms with E-state index < -0.39 is 6.10 Å². The zero-order valence-corrected chi connectivity index (χ0v) is 17.7. The minimum absolute atomic E-state index is 0.196. The number of fused-ring (bicyclic) bond motifs is 1. The molecule has 0 radical (unpaired) electrons. The smallest absolute Gasteiger partial charge is 0.295 e. The Balaban J connectivity index is 1.86. The molecule has 3 aromatic rings. The van der Waals surface area contributed by atoms with E-state index in [4.69, 9.17) is 4.42 Å². The molecule has 0 aliphatic carbocycles. The first-order valence-corrected chi connectivity index (χ1v) is 10.0. The summed E-state index contributed by atoms with van der Waals surface area (Å²) >= 11 is 0. The summed E-state index contributed by atoms with van der Waals surface area (Å²) in [5.74, 6) is 1.21. The van der Waals surface area contributed by atoms with E-state index >= 15 is 0 Å². The number of likely N-dealkylation sites (tertiary alicyclic amines) is 1. The van der Waals surface area contributed by atoms with E-state index in [0.717, 1.165) is 22.7 Å². The Kier molecular flexibility index (Phi) is 5.11. The Morgan fingerprint density at radius 1 is 1.33 bits per heavy atom. The molecule has 0 saturated carbocycles. The largest absolute Gasteiger partial charge is 0.466 e. The zero-order chi connectivity index (χ0) is 21.6. The zero-order valence-electron chi connectivity index (χ0n) is 17.7. The van der Waals surface area contributed by atoms with Crippen LogP contribution in [0.25, 0.3) is 16.9 Å². The quantitative estimate of drug-likeness (QED) is 0.667. The van der Waals surface area contributed by atoms with Crippen molar-refractivity contribution in [2.75, 3.05) is 13.1 Å². The predicted octanol–water partition coefficient (Wildman–Crippen LogP) is 2.55. The van der Waals surface area contributed by atoms with Crippen molar-refractivity contribution in [3.8, 4) is 11.3 Å². The SMILES string of the molecule is CC(C)=CCn1c(-c2cc(C)oc2C)cn2cc(C(=O)N3CC[C@H](O)C3)nc2c1=O. The third-order valence-corrected chi connectivity index (χ3v) is 5.39. The Bertz CT molecular complexity index is 1210. The maximum atomic E-state index is 13.3. The number of aryl methyl sites for hydroxylation is 2. The van der Waals surface area contributed by atoms with Crippen LogP contribution < -0.4 is 5.56 Å². The summed E-state index contributed by atoms with van der Waals surface area (Å²) in [6.07, 6.45) is 5.42. The van der Waals surface area contributed by atoms with Crippen LogP contribution in [-0.2, 0) is 6.54 Å². The molecule has 1 N–H and O–H groups in total. The molecule has 8 nitrogen and oxygen atoms in total. The summed E-state index contributed by atoms with van der Waals surface area (Å²) in [7, 11) is 0. The Labute approximate surface area is 174 Å². The van der Waals surface area contributed by atoms with Gasteiger partial charge in [0.2, 0.25) is 5.65 Å². The highest BCUT2D eigenvalue weighted by atomic mass is 16.3. The number of hydrogen-bond acceptors (Lipinski definition) is 5. The van der Waals surface area contributed by atoms with E-state index in [2.05, 4.69) is 4.98 Å². The minimum Gasteiger partial charge on any atom is -0.466 e. The lowest BCUT2D eigenvalue weighted by Gasteiger charge is -2.13. The molecule has 0 bridgehead atoms. The Hall–Kier alpha value is -3.13. The van der Waals surface area contributed by atoms with Gasteiger partial charge in [-0.15, -0.1) is 0 Å². The number of amides is 1. The van der Waals surface area contributed by atoms with Crippen LogP contribution in [0.2, 0.25) is 0 Å². The van der Waals surface area contributed by atoms with E-state index in [1.165, 1.54) is 0 Å². The van der Waals surface area contributed by atoms with Gasteiger partial charge in [-0.2, -0.15) is 0 Å². The number of imidazole rings is 1. The number of hydrogen-bond donors (Lipinski definition) is 1. The molecule has 1 aliphatic rings. The molecule has 1 saturated heterocycles. The van der Waals surface area contributed by atoms with Crippen molar-refractivity contribution in [2.24, 2.45) is 0 Å². The third-order valence-electron chi connectivity index (χ3n) is 5.39. The van der Waals surface area contributed by atoms with Crippen molar-refractivity contribution in [2.45, 2.75) is 46.8 Å². The minimum atomic E-state index is -0.508. The lowest BCUT2D eigenvalue weighted by atomic mass is 10.1. The lowest BCUT2D eigenvalue weighted by Crippen LogP contribution is -2.29. The van der Waals surface area contributed by atoms with Gasteiger partial charge in [-0.3, -0.25) is 18.6 Å². The van der Waals surface area contributed by atoms with Gasteiger partial charge in [-0.25, -0.2) is 4.98 Å². The van der Waals surface area contributed by atoms with Crippen molar-refractivity contribution >= 4 is 11.6 Å². The second-order valence-electron chi connectivity index (χ2n) is 8.09. The molecule has 1 fully saturated rings. The number of aliphatic hydroxyl groups is 1. The molecular formula is C22H26N4O4. The fraction of sp³-hybridized carbons (Fsp3) is 0.409. The van der Waals surface area contributed by atoms with Gasteiger partial charge in [-0.1, -0.05) is 11.6 Å². The number of aromatic nitrogens is 3. The van der Waals surface area contributed by atoms with Crippen LogP contribution in [0, 0.1) is 13.8 Å². The summed E-state index contributed by atoms with van der Waals surface area (Å²) < 4.78 is 8.94. The standard InChI is InChI=1S/C22H26N4O4/c1-13(2)5-8-26-19(17-9-14(3)30-15(17)4)12-25-11-18(23-20(25)22(26)29)21(28)24-7-6-16(27)10-24/h5,9,11-12,16,27H,6-8,10H2,1-4H3/t16-/m0/s1. The monoisotopic (exact) mass is 410 g/mol.